The van der Waals surface area contributed by atoms with Crippen molar-refractivity contribution in [1.82, 2.24) is 0 Å². The van der Waals surface area contributed by atoms with Gasteiger partial charge in [0.15, 0.2) is 0 Å². The van der Waals surface area contributed by atoms with E-state index in [1.54, 1.807) is 0 Å². The number of halogens is 3. The molecule has 1 aromatic carbocycles. The summed E-state index contributed by atoms with van der Waals surface area (Å²) in [5.74, 6) is -1.75. The van der Waals surface area contributed by atoms with E-state index in [4.69, 9.17) is 9.29 Å². The standard InChI is InChI=1S/C9H9F2IO2S/c10-7-1-2-8(9(11)3-7)6(4-13)5-14-15-12/h1-3,6,13H,4-5H2. The summed E-state index contributed by atoms with van der Waals surface area (Å²) in [4.78, 5) is 0. The van der Waals surface area contributed by atoms with E-state index in [0.29, 0.717) is 0 Å². The van der Waals surface area contributed by atoms with E-state index in [-0.39, 0.29) is 18.8 Å². The van der Waals surface area contributed by atoms with Crippen LogP contribution in [0.4, 0.5) is 8.78 Å². The first kappa shape index (κ1) is 13.1. The maximum Gasteiger partial charge on any atom is 0.129 e. The molecule has 0 aliphatic rings. The Morgan fingerprint density at radius 1 is 1.47 bits per heavy atom. The average molecular weight is 346 g/mol. The van der Waals surface area contributed by atoms with E-state index in [1.807, 2.05) is 21.2 Å². The lowest BCUT2D eigenvalue weighted by molar-refractivity contribution is 0.218. The van der Waals surface area contributed by atoms with Crippen LogP contribution in [0.15, 0.2) is 18.2 Å². The van der Waals surface area contributed by atoms with Crippen molar-refractivity contribution in [3.05, 3.63) is 35.4 Å². The Labute approximate surface area is 103 Å². The lowest BCUT2D eigenvalue weighted by Crippen LogP contribution is -2.11. The minimum Gasteiger partial charge on any atom is -0.396 e. The van der Waals surface area contributed by atoms with Crippen molar-refractivity contribution >= 4 is 30.4 Å². The van der Waals surface area contributed by atoms with Crippen LogP contribution in [-0.2, 0) is 4.18 Å². The van der Waals surface area contributed by atoms with E-state index in [1.165, 1.54) is 6.07 Å². The fraction of sp³-hybridized carbons (Fsp3) is 0.333. The molecule has 0 aromatic heterocycles. The van der Waals surface area contributed by atoms with Crippen LogP contribution < -0.4 is 0 Å². The minimum absolute atomic E-state index is 0.187. The third-order valence-electron chi connectivity index (χ3n) is 1.94. The van der Waals surface area contributed by atoms with Crippen molar-refractivity contribution in [2.45, 2.75) is 5.92 Å². The summed E-state index contributed by atoms with van der Waals surface area (Å²) in [7, 11) is 1.11. The van der Waals surface area contributed by atoms with Crippen LogP contribution in [0.1, 0.15) is 11.5 Å². The summed E-state index contributed by atoms with van der Waals surface area (Å²) >= 11 is 1.93. The van der Waals surface area contributed by atoms with Gasteiger partial charge in [-0.25, -0.2) is 8.78 Å². The second kappa shape index (κ2) is 6.62. The van der Waals surface area contributed by atoms with Gasteiger partial charge >= 0.3 is 0 Å². The van der Waals surface area contributed by atoms with Gasteiger partial charge in [0.25, 0.3) is 0 Å². The highest BCUT2D eigenvalue weighted by molar-refractivity contribution is 14.2. The second-order valence-corrected chi connectivity index (χ2v) is 4.33. The SMILES string of the molecule is OCC(COSI)c1ccc(F)cc1F. The van der Waals surface area contributed by atoms with Crippen LogP contribution >= 0.6 is 30.4 Å². The molecule has 84 valence electrons. The zero-order valence-corrected chi connectivity index (χ0v) is 10.6. The van der Waals surface area contributed by atoms with Crippen LogP contribution in [-0.4, -0.2) is 18.3 Å². The predicted octanol–water partition coefficient (Wildman–Crippen LogP) is 3.06. The predicted molar refractivity (Wildman–Crippen MR) is 63.7 cm³/mol. The molecule has 0 saturated heterocycles. The van der Waals surface area contributed by atoms with Crippen LogP contribution in [0.3, 0.4) is 0 Å². The average Bonchev–Trinajstić information content (AvgIpc) is 2.21. The first-order valence-corrected chi connectivity index (χ1v) is 7.43. The monoisotopic (exact) mass is 346 g/mol. The molecule has 0 radical (unpaired) electrons. The summed E-state index contributed by atoms with van der Waals surface area (Å²) < 4.78 is 30.9. The minimum atomic E-state index is -0.656. The van der Waals surface area contributed by atoms with Crippen molar-refractivity contribution in [1.29, 1.82) is 0 Å². The van der Waals surface area contributed by atoms with E-state index < -0.39 is 17.6 Å². The Bertz CT molecular complexity index is 325. The van der Waals surface area contributed by atoms with Crippen LogP contribution in [0, 0.1) is 11.6 Å². The Kier molecular flexibility index (Phi) is 5.80. The van der Waals surface area contributed by atoms with Crippen LogP contribution in [0.2, 0.25) is 0 Å². The first-order chi connectivity index (χ1) is 7.19. The summed E-state index contributed by atoms with van der Waals surface area (Å²) in [6, 6.07) is 3.29. The van der Waals surface area contributed by atoms with Gasteiger partial charge in [0, 0.05) is 33.2 Å². The molecule has 6 heteroatoms. The highest BCUT2D eigenvalue weighted by atomic mass is 127. The highest BCUT2D eigenvalue weighted by Gasteiger charge is 2.15. The molecule has 1 atom stereocenters. The maximum atomic E-state index is 13.3. The zero-order valence-electron chi connectivity index (χ0n) is 7.62. The molecular weight excluding hydrogens is 337 g/mol. The largest absolute Gasteiger partial charge is 0.396 e. The summed E-state index contributed by atoms with van der Waals surface area (Å²) in [6.45, 7) is -0.0492. The Morgan fingerprint density at radius 3 is 2.73 bits per heavy atom. The molecule has 0 aliphatic heterocycles. The van der Waals surface area contributed by atoms with Gasteiger partial charge in [0.1, 0.15) is 11.6 Å². The quantitative estimate of drug-likeness (QED) is 0.657. The molecule has 0 spiro atoms. The Balaban J connectivity index is 2.81. The van der Waals surface area contributed by atoms with Gasteiger partial charge in [-0.1, -0.05) is 6.07 Å². The molecule has 1 rings (SSSR count). The van der Waals surface area contributed by atoms with Gasteiger partial charge in [-0.15, -0.1) is 0 Å². The van der Waals surface area contributed by atoms with E-state index in [9.17, 15) is 8.78 Å². The normalized spacial score (nSPS) is 12.8. The zero-order chi connectivity index (χ0) is 11.3. The maximum absolute atomic E-state index is 13.3. The number of hydrogen-bond donors (Lipinski definition) is 1. The number of benzene rings is 1. The number of aliphatic hydroxyl groups excluding tert-OH is 1. The van der Waals surface area contributed by atoms with E-state index >= 15 is 0 Å². The van der Waals surface area contributed by atoms with E-state index in [2.05, 4.69) is 0 Å². The van der Waals surface area contributed by atoms with Crippen molar-refractivity contribution in [3.63, 3.8) is 0 Å². The van der Waals surface area contributed by atoms with Gasteiger partial charge < -0.3 is 9.29 Å². The molecule has 2 nitrogen and oxygen atoms in total. The Hall–Kier alpha value is 0.0800. The summed E-state index contributed by atoms with van der Waals surface area (Å²) in [5, 5.41) is 9.05. The number of aliphatic hydroxyl groups is 1. The van der Waals surface area contributed by atoms with Crippen LogP contribution in [0.25, 0.3) is 0 Å². The van der Waals surface area contributed by atoms with E-state index in [0.717, 1.165) is 21.3 Å². The third kappa shape index (κ3) is 3.86. The Morgan fingerprint density at radius 2 is 2.20 bits per heavy atom. The van der Waals surface area contributed by atoms with Gasteiger partial charge in [-0.2, -0.15) is 0 Å². The second-order valence-electron chi connectivity index (χ2n) is 2.89. The molecule has 1 unspecified atom stereocenters. The number of rotatable bonds is 5. The number of hydrogen-bond acceptors (Lipinski definition) is 3. The fourth-order valence-corrected chi connectivity index (χ4v) is 1.84. The first-order valence-electron chi connectivity index (χ1n) is 4.15. The fourth-order valence-electron chi connectivity index (χ4n) is 1.18. The van der Waals surface area contributed by atoms with Gasteiger partial charge in [0.2, 0.25) is 0 Å². The van der Waals surface area contributed by atoms with Crippen molar-refractivity contribution in [3.8, 4) is 0 Å². The highest BCUT2D eigenvalue weighted by Crippen LogP contribution is 2.23. The molecule has 1 N–H and O–H groups in total. The molecule has 0 heterocycles. The smallest absolute Gasteiger partial charge is 0.129 e. The molecule has 0 amide bonds. The lowest BCUT2D eigenvalue weighted by atomic mass is 10.0. The van der Waals surface area contributed by atoms with Crippen LogP contribution in [0.5, 0.6) is 0 Å². The molecule has 0 saturated carbocycles. The van der Waals surface area contributed by atoms with Crippen molar-refractivity contribution < 1.29 is 18.1 Å². The molecule has 0 bridgehead atoms. The van der Waals surface area contributed by atoms with Gasteiger partial charge in [-0.05, 0) is 11.6 Å². The molecule has 15 heavy (non-hydrogen) atoms. The molecular formula is C9H9F2IO2S. The third-order valence-corrected chi connectivity index (χ3v) is 2.92. The molecule has 0 fully saturated rings. The summed E-state index contributed by atoms with van der Waals surface area (Å²) in [6.07, 6.45) is 0. The lowest BCUT2D eigenvalue weighted by Gasteiger charge is -2.13. The van der Waals surface area contributed by atoms with Gasteiger partial charge in [0.05, 0.1) is 22.4 Å². The van der Waals surface area contributed by atoms with Gasteiger partial charge in [-0.3, -0.25) is 0 Å². The molecule has 1 aromatic rings. The topological polar surface area (TPSA) is 29.5 Å². The van der Waals surface area contributed by atoms with Crippen molar-refractivity contribution in [2.75, 3.05) is 13.2 Å². The molecule has 0 aliphatic carbocycles. The van der Waals surface area contributed by atoms with Crippen molar-refractivity contribution in [2.24, 2.45) is 0 Å². The summed E-state index contributed by atoms with van der Waals surface area (Å²) in [5.41, 5.74) is 0.268.